The average molecular weight is 345 g/mol. The third-order valence-corrected chi connectivity index (χ3v) is 3.88. The molecule has 5 N–H and O–H groups in total. The summed E-state index contributed by atoms with van der Waals surface area (Å²) in [6, 6.07) is 0. The predicted octanol–water partition coefficient (Wildman–Crippen LogP) is -1.59. The maximum atomic E-state index is 11.3. The molecule has 10 nitrogen and oxygen atoms in total. The number of nitrogens with two attached hydrogens (primary N) is 1. The Morgan fingerprint density at radius 2 is 2.26 bits per heavy atom. The minimum absolute atomic E-state index is 0.0151. The molecule has 0 aliphatic carbocycles. The fraction of sp³-hybridized carbons (Fsp3) is 0.500. The van der Waals surface area contributed by atoms with Crippen LogP contribution in [0.25, 0.3) is 0 Å². The quantitative estimate of drug-likeness (QED) is 0.367. The van der Waals surface area contributed by atoms with Gasteiger partial charge in [-0.25, -0.2) is 4.98 Å². The first-order chi connectivity index (χ1) is 10.7. The third-order valence-electron chi connectivity index (χ3n) is 3.25. The Morgan fingerprint density at radius 3 is 2.78 bits per heavy atom. The zero-order valence-corrected chi connectivity index (χ0v) is 13.0. The largest absolute Gasteiger partial charge is 0.387 e. The molecule has 0 spiro atoms. The Kier molecular flexibility index (Phi) is 4.91. The summed E-state index contributed by atoms with van der Waals surface area (Å²) in [5, 5.41) is 20.0. The lowest BCUT2D eigenvalue weighted by Crippen LogP contribution is -2.33. The van der Waals surface area contributed by atoms with Crippen LogP contribution in [-0.4, -0.2) is 62.1 Å². The van der Waals surface area contributed by atoms with E-state index in [0.29, 0.717) is 0 Å². The van der Waals surface area contributed by atoms with Crippen LogP contribution in [0.1, 0.15) is 22.4 Å². The van der Waals surface area contributed by atoms with E-state index in [2.05, 4.69) is 10.9 Å². The Labute approximate surface area is 131 Å². The van der Waals surface area contributed by atoms with Crippen molar-refractivity contribution in [2.24, 2.45) is 5.73 Å². The molecule has 2 heterocycles. The summed E-state index contributed by atoms with van der Waals surface area (Å²) in [7, 11) is -3.77. The predicted molar refractivity (Wildman–Crippen MR) is 76.3 cm³/mol. The zero-order chi connectivity index (χ0) is 17.4. The highest BCUT2D eigenvalue weighted by Crippen LogP contribution is 2.39. The second kappa shape index (κ2) is 6.41. The maximum Gasteiger partial charge on any atom is 0.325 e. The molecular formula is C12H16N3O7P. The van der Waals surface area contributed by atoms with E-state index in [1.165, 1.54) is 4.57 Å². The highest BCUT2D eigenvalue weighted by Gasteiger charge is 2.45. The number of aliphatic hydroxyl groups excluding tert-OH is 2. The van der Waals surface area contributed by atoms with Gasteiger partial charge in [0.05, 0.1) is 12.9 Å². The van der Waals surface area contributed by atoms with E-state index >= 15 is 0 Å². The number of aromatic nitrogens is 2. The molecule has 1 unspecified atom stereocenters. The van der Waals surface area contributed by atoms with E-state index in [1.54, 1.807) is 0 Å². The highest BCUT2D eigenvalue weighted by atomic mass is 31.2. The van der Waals surface area contributed by atoms with Crippen molar-refractivity contribution >= 4 is 13.5 Å². The molecule has 0 aromatic carbocycles. The molecule has 5 atom stereocenters. The van der Waals surface area contributed by atoms with Crippen LogP contribution in [0.3, 0.4) is 0 Å². The molecule has 1 aromatic heterocycles. The van der Waals surface area contributed by atoms with Gasteiger partial charge in [0.25, 0.3) is 5.91 Å². The molecule has 1 aromatic rings. The van der Waals surface area contributed by atoms with Gasteiger partial charge in [0.15, 0.2) is 11.9 Å². The Bertz CT molecular complexity index is 691. The van der Waals surface area contributed by atoms with E-state index in [-0.39, 0.29) is 11.4 Å². The van der Waals surface area contributed by atoms with Gasteiger partial charge in [-0.3, -0.25) is 13.9 Å². The number of carbonyl (C=O) groups is 1. The van der Waals surface area contributed by atoms with Gasteiger partial charge in [0.2, 0.25) is 0 Å². The summed E-state index contributed by atoms with van der Waals surface area (Å²) >= 11 is 0. The van der Waals surface area contributed by atoms with Crippen molar-refractivity contribution in [1.82, 2.24) is 9.55 Å². The SMILES string of the molecule is C#Cc1c(C(N)=O)ncn1[C@@H]1O[C@H](COP(C)(=O)O)[C@@H](O)[C@H]1O. The maximum absolute atomic E-state index is 11.3. The number of rotatable bonds is 5. The molecule has 0 radical (unpaired) electrons. The minimum atomic E-state index is -3.77. The molecule has 0 bridgehead atoms. The zero-order valence-electron chi connectivity index (χ0n) is 12.1. The van der Waals surface area contributed by atoms with Crippen LogP contribution in [0, 0.1) is 12.3 Å². The number of aliphatic hydroxyl groups is 2. The molecule has 11 heteroatoms. The molecular weight excluding hydrogens is 329 g/mol. The van der Waals surface area contributed by atoms with Gasteiger partial charge in [-0.1, -0.05) is 0 Å². The highest BCUT2D eigenvalue weighted by molar-refractivity contribution is 7.51. The fourth-order valence-corrected chi connectivity index (χ4v) is 2.61. The van der Waals surface area contributed by atoms with Crippen molar-refractivity contribution in [3.8, 4) is 12.3 Å². The van der Waals surface area contributed by atoms with Crippen LogP contribution in [0.2, 0.25) is 0 Å². The van der Waals surface area contributed by atoms with Crippen molar-refractivity contribution in [1.29, 1.82) is 0 Å². The monoisotopic (exact) mass is 345 g/mol. The standard InChI is InChI=1S/C12H16N3O7P/c1-3-6-8(11(13)18)14-5-15(6)12-10(17)9(16)7(22-12)4-21-23(2,19)20/h1,5,7,9-10,12,16-17H,4H2,2H3,(H2,13,18)(H,19,20)/t7-,9-,10-,12-/m1/s1. The number of hydrogen-bond acceptors (Lipinski definition) is 7. The Hall–Kier alpha value is -1.73. The molecule has 1 aliphatic rings. The summed E-state index contributed by atoms with van der Waals surface area (Å²) in [5.41, 5.74) is 4.95. The molecule has 1 saturated heterocycles. The lowest BCUT2D eigenvalue weighted by atomic mass is 10.1. The topological polar surface area (TPSA) is 157 Å². The summed E-state index contributed by atoms with van der Waals surface area (Å²) in [5.74, 6) is 1.37. The number of amides is 1. The number of primary amides is 1. The molecule has 23 heavy (non-hydrogen) atoms. The Morgan fingerprint density at radius 1 is 1.61 bits per heavy atom. The van der Waals surface area contributed by atoms with Crippen molar-refractivity contribution in [3.05, 3.63) is 17.7 Å². The van der Waals surface area contributed by atoms with Crippen LogP contribution in [-0.2, 0) is 13.8 Å². The van der Waals surface area contributed by atoms with Crippen LogP contribution < -0.4 is 5.73 Å². The van der Waals surface area contributed by atoms with Gasteiger partial charge < -0.3 is 30.1 Å². The van der Waals surface area contributed by atoms with Gasteiger partial charge in [0, 0.05) is 6.66 Å². The summed E-state index contributed by atoms with van der Waals surface area (Å²) in [6.45, 7) is 0.565. The summed E-state index contributed by atoms with van der Waals surface area (Å²) in [6.07, 6.45) is 1.44. The van der Waals surface area contributed by atoms with E-state index in [4.69, 9.17) is 26.3 Å². The lowest BCUT2D eigenvalue weighted by Gasteiger charge is -2.17. The Balaban J connectivity index is 2.23. The fourth-order valence-electron chi connectivity index (χ4n) is 2.19. The third kappa shape index (κ3) is 3.61. The van der Waals surface area contributed by atoms with Crippen molar-refractivity contribution < 1.29 is 33.7 Å². The normalized spacial score (nSPS) is 29.9. The molecule has 2 rings (SSSR count). The van der Waals surface area contributed by atoms with Gasteiger partial charge in [-0.2, -0.15) is 0 Å². The first-order valence-corrected chi connectivity index (χ1v) is 8.48. The van der Waals surface area contributed by atoms with Gasteiger partial charge in [0.1, 0.15) is 24.0 Å². The van der Waals surface area contributed by atoms with Gasteiger partial charge in [-0.05, 0) is 5.92 Å². The number of hydrogen-bond donors (Lipinski definition) is 4. The number of ether oxygens (including phenoxy) is 1. The van der Waals surface area contributed by atoms with E-state index in [0.717, 1.165) is 13.0 Å². The molecule has 1 fully saturated rings. The number of carbonyl (C=O) groups excluding carboxylic acids is 1. The molecule has 0 saturated carbocycles. The smallest absolute Gasteiger partial charge is 0.325 e. The van der Waals surface area contributed by atoms with Crippen molar-refractivity contribution in [2.45, 2.75) is 24.5 Å². The van der Waals surface area contributed by atoms with E-state index in [9.17, 15) is 19.6 Å². The van der Waals surface area contributed by atoms with Crippen molar-refractivity contribution in [3.63, 3.8) is 0 Å². The second-order valence-corrected chi connectivity index (χ2v) is 6.87. The van der Waals surface area contributed by atoms with E-state index in [1.807, 2.05) is 0 Å². The number of nitrogens with zero attached hydrogens (tertiary/aromatic N) is 2. The molecule has 1 amide bonds. The number of imidazole rings is 1. The second-order valence-electron chi connectivity index (χ2n) is 5.00. The van der Waals surface area contributed by atoms with Gasteiger partial charge >= 0.3 is 7.60 Å². The van der Waals surface area contributed by atoms with Crippen LogP contribution >= 0.6 is 7.60 Å². The van der Waals surface area contributed by atoms with Crippen LogP contribution in [0.15, 0.2) is 6.33 Å². The average Bonchev–Trinajstić information content (AvgIpc) is 2.99. The van der Waals surface area contributed by atoms with Crippen LogP contribution in [0.5, 0.6) is 0 Å². The lowest BCUT2D eigenvalue weighted by molar-refractivity contribution is -0.0504. The number of terminal acetylenes is 1. The first-order valence-electron chi connectivity index (χ1n) is 6.45. The van der Waals surface area contributed by atoms with Crippen LogP contribution in [0.4, 0.5) is 0 Å². The van der Waals surface area contributed by atoms with Gasteiger partial charge in [-0.15, -0.1) is 6.42 Å². The summed E-state index contributed by atoms with van der Waals surface area (Å²) in [4.78, 5) is 24.1. The van der Waals surface area contributed by atoms with Crippen molar-refractivity contribution in [2.75, 3.05) is 13.3 Å². The minimum Gasteiger partial charge on any atom is -0.387 e. The van der Waals surface area contributed by atoms with E-state index < -0.39 is 44.6 Å². The summed E-state index contributed by atoms with van der Waals surface area (Å²) < 4.78 is 22.4. The first kappa shape index (κ1) is 17.6. The molecule has 126 valence electrons. The molecule has 1 aliphatic heterocycles.